The van der Waals surface area contributed by atoms with Crippen LogP contribution in [0.5, 0.6) is 5.75 Å². The number of hydrogen-bond donors (Lipinski definition) is 0. The van der Waals surface area contributed by atoms with Crippen LogP contribution in [0.25, 0.3) is 10.2 Å². The number of para-hydroxylation sites is 1. The standard InChI is InChI=1S/C19H19BrN2O4S/c1-2-24-13-6-3-7-15-17(13)21-19(27-15)22(11-12-5-4-10-25-12)18(23)14-8-9-16(20)26-14/h3,6-9,12H,2,4-5,10-11H2,1H3. The summed E-state index contributed by atoms with van der Waals surface area (Å²) < 4.78 is 18.4. The Hall–Kier alpha value is -1.90. The van der Waals surface area contributed by atoms with E-state index < -0.39 is 0 Å². The van der Waals surface area contributed by atoms with E-state index in [4.69, 9.17) is 18.9 Å². The van der Waals surface area contributed by atoms with E-state index in [1.165, 1.54) is 11.3 Å². The van der Waals surface area contributed by atoms with E-state index in [-0.39, 0.29) is 17.8 Å². The zero-order valence-corrected chi connectivity index (χ0v) is 17.2. The number of furan rings is 1. The van der Waals surface area contributed by atoms with Gasteiger partial charge in [0.1, 0.15) is 11.3 Å². The van der Waals surface area contributed by atoms with Crippen molar-refractivity contribution in [3.8, 4) is 5.75 Å². The van der Waals surface area contributed by atoms with Crippen molar-refractivity contribution in [3.63, 3.8) is 0 Å². The highest BCUT2D eigenvalue weighted by molar-refractivity contribution is 9.10. The van der Waals surface area contributed by atoms with Gasteiger partial charge in [-0.2, -0.15) is 0 Å². The number of ether oxygens (including phenoxy) is 2. The van der Waals surface area contributed by atoms with Gasteiger partial charge in [0.15, 0.2) is 15.6 Å². The van der Waals surface area contributed by atoms with Gasteiger partial charge in [-0.25, -0.2) is 4.98 Å². The second kappa shape index (κ2) is 8.00. The van der Waals surface area contributed by atoms with Gasteiger partial charge in [0.2, 0.25) is 0 Å². The Kier molecular flexibility index (Phi) is 5.47. The molecule has 3 aromatic rings. The summed E-state index contributed by atoms with van der Waals surface area (Å²) in [6.45, 7) is 3.67. The van der Waals surface area contributed by atoms with Gasteiger partial charge in [0.05, 0.1) is 24.0 Å². The van der Waals surface area contributed by atoms with E-state index in [0.717, 1.165) is 35.4 Å². The van der Waals surface area contributed by atoms with Gasteiger partial charge in [-0.15, -0.1) is 0 Å². The summed E-state index contributed by atoms with van der Waals surface area (Å²) in [6, 6.07) is 9.19. The first-order chi connectivity index (χ1) is 13.2. The fourth-order valence-electron chi connectivity index (χ4n) is 3.10. The average Bonchev–Trinajstić information content (AvgIpc) is 3.40. The number of carbonyl (C=O) groups is 1. The van der Waals surface area contributed by atoms with E-state index in [0.29, 0.717) is 23.0 Å². The van der Waals surface area contributed by atoms with Crippen LogP contribution in [0.3, 0.4) is 0 Å². The highest BCUT2D eigenvalue weighted by atomic mass is 79.9. The van der Waals surface area contributed by atoms with Crippen LogP contribution in [-0.4, -0.2) is 36.8 Å². The molecule has 1 saturated heterocycles. The summed E-state index contributed by atoms with van der Waals surface area (Å²) in [5.74, 6) is 0.764. The van der Waals surface area contributed by atoms with Crippen molar-refractivity contribution in [1.82, 2.24) is 4.98 Å². The first-order valence-corrected chi connectivity index (χ1v) is 10.5. The Balaban J connectivity index is 1.72. The maximum atomic E-state index is 13.1. The Morgan fingerprint density at radius 2 is 2.30 bits per heavy atom. The molecule has 0 bridgehead atoms. The number of halogens is 1. The lowest BCUT2D eigenvalue weighted by atomic mass is 10.2. The van der Waals surface area contributed by atoms with Crippen LogP contribution in [0.4, 0.5) is 5.13 Å². The van der Waals surface area contributed by atoms with Crippen molar-refractivity contribution in [3.05, 3.63) is 40.8 Å². The number of nitrogens with zero attached hydrogens (tertiary/aromatic N) is 2. The van der Waals surface area contributed by atoms with Crippen LogP contribution in [0.2, 0.25) is 0 Å². The maximum Gasteiger partial charge on any atom is 0.295 e. The Morgan fingerprint density at radius 3 is 3.00 bits per heavy atom. The Bertz CT molecular complexity index is 948. The molecular formula is C19H19BrN2O4S. The molecule has 8 heteroatoms. The number of anilines is 1. The van der Waals surface area contributed by atoms with Gasteiger partial charge in [0.25, 0.3) is 5.91 Å². The van der Waals surface area contributed by atoms with Crippen LogP contribution in [-0.2, 0) is 4.74 Å². The zero-order chi connectivity index (χ0) is 18.8. The molecule has 1 atom stereocenters. The van der Waals surface area contributed by atoms with Crippen molar-refractivity contribution in [2.75, 3.05) is 24.7 Å². The lowest BCUT2D eigenvalue weighted by Gasteiger charge is -2.22. The third kappa shape index (κ3) is 3.88. The molecule has 1 aromatic carbocycles. The molecule has 142 valence electrons. The van der Waals surface area contributed by atoms with Crippen LogP contribution < -0.4 is 9.64 Å². The molecule has 6 nitrogen and oxygen atoms in total. The number of amides is 1. The molecule has 27 heavy (non-hydrogen) atoms. The molecule has 0 radical (unpaired) electrons. The summed E-state index contributed by atoms with van der Waals surface area (Å²) in [7, 11) is 0. The van der Waals surface area contributed by atoms with Crippen LogP contribution >= 0.6 is 27.3 Å². The fraction of sp³-hybridized carbons (Fsp3) is 0.368. The predicted molar refractivity (Wildman–Crippen MR) is 108 cm³/mol. The molecule has 1 amide bonds. The largest absolute Gasteiger partial charge is 0.492 e. The smallest absolute Gasteiger partial charge is 0.295 e. The summed E-state index contributed by atoms with van der Waals surface area (Å²) in [5, 5.41) is 0.616. The Labute approximate surface area is 169 Å². The van der Waals surface area contributed by atoms with Crippen molar-refractivity contribution in [2.24, 2.45) is 0 Å². The van der Waals surface area contributed by atoms with Gasteiger partial charge in [-0.1, -0.05) is 17.4 Å². The normalized spacial score (nSPS) is 16.7. The van der Waals surface area contributed by atoms with Crippen molar-refractivity contribution in [1.29, 1.82) is 0 Å². The van der Waals surface area contributed by atoms with E-state index in [9.17, 15) is 4.79 Å². The number of hydrogen-bond acceptors (Lipinski definition) is 6. The zero-order valence-electron chi connectivity index (χ0n) is 14.8. The first kappa shape index (κ1) is 18.5. The lowest BCUT2D eigenvalue weighted by Crippen LogP contribution is -2.37. The van der Waals surface area contributed by atoms with E-state index in [2.05, 4.69) is 15.9 Å². The molecule has 0 saturated carbocycles. The molecule has 4 rings (SSSR count). The summed E-state index contributed by atoms with van der Waals surface area (Å²) in [5.41, 5.74) is 0.769. The van der Waals surface area contributed by atoms with Crippen molar-refractivity contribution in [2.45, 2.75) is 25.9 Å². The fourth-order valence-corrected chi connectivity index (χ4v) is 4.40. The average molecular weight is 451 g/mol. The molecule has 0 N–H and O–H groups in total. The van der Waals surface area contributed by atoms with E-state index in [1.54, 1.807) is 17.0 Å². The maximum absolute atomic E-state index is 13.1. The number of carbonyl (C=O) groups excluding carboxylic acids is 1. The topological polar surface area (TPSA) is 64.8 Å². The molecule has 1 aliphatic heterocycles. The summed E-state index contributed by atoms with van der Waals surface area (Å²) >= 11 is 4.72. The van der Waals surface area contributed by atoms with E-state index >= 15 is 0 Å². The quantitative estimate of drug-likeness (QED) is 0.535. The second-order valence-corrected chi connectivity index (χ2v) is 7.98. The predicted octanol–water partition coefficient (Wildman–Crippen LogP) is 4.88. The number of benzene rings is 1. The number of thiazole rings is 1. The molecule has 1 aliphatic rings. The Morgan fingerprint density at radius 1 is 1.41 bits per heavy atom. The summed E-state index contributed by atoms with van der Waals surface area (Å²) in [6.07, 6.45) is 1.94. The number of aromatic nitrogens is 1. The molecule has 0 spiro atoms. The van der Waals surface area contributed by atoms with Crippen LogP contribution in [0.1, 0.15) is 30.3 Å². The van der Waals surface area contributed by atoms with Crippen LogP contribution in [0, 0.1) is 0 Å². The van der Waals surface area contributed by atoms with E-state index in [1.807, 2.05) is 25.1 Å². The SMILES string of the molecule is CCOc1cccc2sc(N(CC3CCCO3)C(=O)c3ccc(Br)o3)nc12. The molecule has 2 aromatic heterocycles. The molecular weight excluding hydrogens is 432 g/mol. The minimum absolute atomic E-state index is 0.00530. The van der Waals surface area contributed by atoms with Gasteiger partial charge in [-0.3, -0.25) is 9.69 Å². The molecule has 0 aliphatic carbocycles. The number of fused-ring (bicyclic) bond motifs is 1. The molecule has 3 heterocycles. The highest BCUT2D eigenvalue weighted by Crippen LogP contribution is 2.35. The lowest BCUT2D eigenvalue weighted by molar-refractivity contribution is 0.0894. The van der Waals surface area contributed by atoms with Gasteiger partial charge in [0, 0.05) is 6.61 Å². The minimum Gasteiger partial charge on any atom is -0.492 e. The monoisotopic (exact) mass is 450 g/mol. The number of rotatable bonds is 6. The van der Waals surface area contributed by atoms with Crippen molar-refractivity contribution < 1.29 is 18.7 Å². The van der Waals surface area contributed by atoms with Crippen molar-refractivity contribution >= 4 is 48.5 Å². The van der Waals surface area contributed by atoms with Gasteiger partial charge >= 0.3 is 0 Å². The highest BCUT2D eigenvalue weighted by Gasteiger charge is 2.29. The second-order valence-electron chi connectivity index (χ2n) is 6.19. The molecule has 1 fully saturated rings. The third-order valence-corrected chi connectivity index (χ3v) is 5.81. The van der Waals surface area contributed by atoms with Gasteiger partial charge < -0.3 is 13.9 Å². The van der Waals surface area contributed by atoms with Crippen LogP contribution in [0.15, 0.2) is 39.4 Å². The first-order valence-electron chi connectivity index (χ1n) is 8.87. The molecule has 1 unspecified atom stereocenters. The summed E-state index contributed by atoms with van der Waals surface area (Å²) in [4.78, 5) is 19.5. The third-order valence-electron chi connectivity index (χ3n) is 4.34. The minimum atomic E-state index is -0.229. The van der Waals surface area contributed by atoms with Gasteiger partial charge in [-0.05, 0) is 60.0 Å².